The van der Waals surface area contributed by atoms with Crippen molar-refractivity contribution in [2.45, 2.75) is 90.5 Å². The third-order valence-electron chi connectivity index (χ3n) is 5.42. The summed E-state index contributed by atoms with van der Waals surface area (Å²) in [6, 6.07) is 5.28. The molecule has 1 unspecified atom stereocenters. The van der Waals surface area contributed by atoms with Crippen LogP contribution in [0.4, 0.5) is 4.79 Å². The first-order valence-electron chi connectivity index (χ1n) is 10.7. The van der Waals surface area contributed by atoms with Crippen molar-refractivity contribution >= 4 is 17.5 Å². The highest BCUT2D eigenvalue weighted by atomic mass is 32.2. The van der Waals surface area contributed by atoms with Gasteiger partial charge in [-0.3, -0.25) is 0 Å². The van der Waals surface area contributed by atoms with Gasteiger partial charge in [0.1, 0.15) is 16.1 Å². The summed E-state index contributed by atoms with van der Waals surface area (Å²) in [5, 5.41) is 13.0. The normalized spacial score (nSPS) is 22.5. The number of phenolic OH excluding ortho intramolecular Hbond substituents is 1. The highest BCUT2D eigenvalue weighted by molar-refractivity contribution is 7.90. The molecule has 7 heteroatoms. The zero-order valence-electron chi connectivity index (χ0n) is 19.4. The highest BCUT2D eigenvalue weighted by Gasteiger charge is 2.48. The number of carbonyl (C=O) groups is 1. The molecule has 1 aliphatic rings. The molecule has 6 nitrogen and oxygen atoms in total. The van der Waals surface area contributed by atoms with Crippen molar-refractivity contribution in [3.63, 3.8) is 0 Å². The average molecular weight is 439 g/mol. The third-order valence-corrected chi connectivity index (χ3v) is 6.98. The van der Waals surface area contributed by atoms with E-state index in [4.69, 9.17) is 4.74 Å². The molecule has 0 saturated heterocycles. The quantitative estimate of drug-likeness (QED) is 0.535. The van der Waals surface area contributed by atoms with E-state index < -0.39 is 27.8 Å². The second-order valence-electron chi connectivity index (χ2n) is 10.3. The largest absolute Gasteiger partial charge is 0.598 e. The van der Waals surface area contributed by atoms with E-state index in [-0.39, 0.29) is 17.2 Å². The lowest BCUT2D eigenvalue weighted by atomic mass is 9.74. The van der Waals surface area contributed by atoms with Gasteiger partial charge < -0.3 is 19.7 Å². The molecule has 170 valence electrons. The molecular weight excluding hydrogens is 400 g/mol. The van der Waals surface area contributed by atoms with Gasteiger partial charge in [0.15, 0.2) is 0 Å². The molecule has 3 atom stereocenters. The zero-order valence-corrected chi connectivity index (χ0v) is 20.2. The van der Waals surface area contributed by atoms with Gasteiger partial charge in [-0.1, -0.05) is 19.4 Å². The van der Waals surface area contributed by atoms with Crippen molar-refractivity contribution in [3.8, 4) is 5.75 Å². The van der Waals surface area contributed by atoms with Gasteiger partial charge in [0.25, 0.3) is 0 Å². The fraction of sp³-hybridized carbons (Fsp3) is 0.696. The minimum absolute atomic E-state index is 0.167. The van der Waals surface area contributed by atoms with Gasteiger partial charge in [-0.2, -0.15) is 0 Å². The molecule has 0 saturated carbocycles. The van der Waals surface area contributed by atoms with Crippen LogP contribution in [0.5, 0.6) is 5.75 Å². The molecule has 0 bridgehead atoms. The van der Waals surface area contributed by atoms with Crippen LogP contribution in [-0.4, -0.2) is 32.6 Å². The lowest BCUT2D eigenvalue weighted by Crippen LogP contribution is -2.46. The molecular formula is C23H38N2O4S. The second kappa shape index (κ2) is 9.37. The number of aromatic hydroxyl groups is 1. The maximum absolute atomic E-state index is 13.0. The predicted octanol–water partition coefficient (Wildman–Crippen LogP) is 4.74. The second-order valence-corrected chi connectivity index (χ2v) is 12.3. The van der Waals surface area contributed by atoms with Gasteiger partial charge >= 0.3 is 6.09 Å². The Hall–Kier alpha value is -1.44. The van der Waals surface area contributed by atoms with Crippen molar-refractivity contribution in [2.24, 2.45) is 5.41 Å². The van der Waals surface area contributed by atoms with Crippen LogP contribution in [0.1, 0.15) is 84.9 Å². The van der Waals surface area contributed by atoms with Crippen LogP contribution in [-0.2, 0) is 22.5 Å². The summed E-state index contributed by atoms with van der Waals surface area (Å²) in [6.07, 6.45) is 2.98. The molecule has 3 N–H and O–H groups in total. The molecule has 1 aliphatic carbocycles. The fourth-order valence-electron chi connectivity index (χ4n) is 4.11. The van der Waals surface area contributed by atoms with Crippen LogP contribution in [0.2, 0.25) is 0 Å². The summed E-state index contributed by atoms with van der Waals surface area (Å²) in [5.74, 6) is 0.210. The van der Waals surface area contributed by atoms with Crippen LogP contribution in [0.25, 0.3) is 0 Å². The molecule has 0 aromatic heterocycles. The van der Waals surface area contributed by atoms with Gasteiger partial charge in [-0.15, -0.1) is 4.72 Å². The van der Waals surface area contributed by atoms with E-state index in [1.54, 1.807) is 12.1 Å². The molecule has 1 aromatic rings. The number of benzene rings is 1. The Morgan fingerprint density at radius 3 is 2.50 bits per heavy atom. The van der Waals surface area contributed by atoms with Gasteiger partial charge in [-0.05, 0) is 89.5 Å². The lowest BCUT2D eigenvalue weighted by Gasteiger charge is -2.38. The number of carbonyl (C=O) groups excluding carboxylic acids is 1. The topological polar surface area (TPSA) is 93.7 Å². The molecule has 0 heterocycles. The van der Waals surface area contributed by atoms with E-state index in [0.717, 1.165) is 30.4 Å². The predicted molar refractivity (Wildman–Crippen MR) is 122 cm³/mol. The number of hydrogen-bond donors (Lipinski definition) is 3. The van der Waals surface area contributed by atoms with Gasteiger partial charge in [0, 0.05) is 17.9 Å². The SMILES string of the molecule is CCCC1(CCNC(=O)OC(C)(C)C)Cc2ccc(O)cc2[C@H]1N[S@+]([O-])C(C)(C)C. The minimum Gasteiger partial charge on any atom is -0.598 e. The summed E-state index contributed by atoms with van der Waals surface area (Å²) in [7, 11) is 0. The average Bonchev–Trinajstić information content (AvgIpc) is 2.86. The molecule has 2 rings (SSSR count). The number of phenols is 1. The molecule has 0 spiro atoms. The molecule has 1 amide bonds. The Labute approximate surface area is 184 Å². The first-order valence-corrected chi connectivity index (χ1v) is 11.9. The number of hydrogen-bond acceptors (Lipinski definition) is 5. The number of ether oxygens (including phenoxy) is 1. The van der Waals surface area contributed by atoms with E-state index in [1.807, 2.05) is 47.6 Å². The number of nitrogens with one attached hydrogen (secondary N) is 2. The van der Waals surface area contributed by atoms with Crippen LogP contribution < -0.4 is 10.0 Å². The first kappa shape index (κ1) is 24.8. The monoisotopic (exact) mass is 438 g/mol. The van der Waals surface area contributed by atoms with E-state index in [9.17, 15) is 14.5 Å². The molecule has 0 fully saturated rings. The summed E-state index contributed by atoms with van der Waals surface area (Å²) < 4.78 is 21.3. The first-order chi connectivity index (χ1) is 13.8. The van der Waals surface area contributed by atoms with Crippen LogP contribution >= 0.6 is 0 Å². The van der Waals surface area contributed by atoms with E-state index in [1.165, 1.54) is 0 Å². The van der Waals surface area contributed by atoms with Crippen molar-refractivity contribution < 1.29 is 19.2 Å². The fourth-order valence-corrected chi connectivity index (χ4v) is 5.06. The van der Waals surface area contributed by atoms with E-state index in [0.29, 0.717) is 13.0 Å². The van der Waals surface area contributed by atoms with Crippen LogP contribution in [0.15, 0.2) is 18.2 Å². The standard InChI is InChI=1S/C23H38N2O4S/c1-8-11-23(12-13-24-20(27)29-21(2,3)4)15-16-9-10-17(26)14-18(16)19(23)25-30(28)22(5,6)7/h9-10,14,19,25-26H,8,11-13,15H2,1-7H3,(H,24,27)/t19-,23?,30-/m1/s1. The maximum Gasteiger partial charge on any atom is 0.407 e. The van der Waals surface area contributed by atoms with Crippen LogP contribution in [0.3, 0.4) is 0 Å². The van der Waals surface area contributed by atoms with Gasteiger partial charge in [0.05, 0.1) is 6.04 Å². The number of fused-ring (bicyclic) bond motifs is 1. The van der Waals surface area contributed by atoms with E-state index in [2.05, 4.69) is 17.0 Å². The lowest BCUT2D eigenvalue weighted by molar-refractivity contribution is 0.0515. The smallest absolute Gasteiger partial charge is 0.407 e. The summed E-state index contributed by atoms with van der Waals surface area (Å²) in [5.41, 5.74) is 1.40. The minimum atomic E-state index is -1.26. The molecule has 0 radical (unpaired) electrons. The number of rotatable bonds is 7. The molecule has 30 heavy (non-hydrogen) atoms. The Balaban J connectivity index is 2.26. The zero-order chi connectivity index (χ0) is 22.7. The number of amides is 1. The Morgan fingerprint density at radius 1 is 1.27 bits per heavy atom. The van der Waals surface area contributed by atoms with Crippen LogP contribution in [0, 0.1) is 5.41 Å². The maximum atomic E-state index is 13.0. The summed E-state index contributed by atoms with van der Waals surface area (Å²) >= 11 is -1.26. The summed E-state index contributed by atoms with van der Waals surface area (Å²) in [6.45, 7) is 14.0. The third kappa shape index (κ3) is 6.28. The van der Waals surface area contributed by atoms with Crippen molar-refractivity contribution in [1.29, 1.82) is 0 Å². The van der Waals surface area contributed by atoms with Crippen molar-refractivity contribution in [3.05, 3.63) is 29.3 Å². The molecule has 0 aliphatic heterocycles. The van der Waals surface area contributed by atoms with Crippen molar-refractivity contribution in [1.82, 2.24) is 10.0 Å². The summed E-state index contributed by atoms with van der Waals surface area (Å²) in [4.78, 5) is 12.1. The number of alkyl carbamates (subject to hydrolysis) is 1. The van der Waals surface area contributed by atoms with Gasteiger partial charge in [0.2, 0.25) is 0 Å². The van der Waals surface area contributed by atoms with E-state index >= 15 is 0 Å². The Kier molecular flexibility index (Phi) is 7.75. The Morgan fingerprint density at radius 2 is 1.93 bits per heavy atom. The Bertz CT molecular complexity index is 742. The van der Waals surface area contributed by atoms with Crippen molar-refractivity contribution in [2.75, 3.05) is 6.54 Å². The van der Waals surface area contributed by atoms with Gasteiger partial charge in [-0.25, -0.2) is 4.79 Å². The highest BCUT2D eigenvalue weighted by Crippen LogP contribution is 2.52. The molecule has 1 aromatic carbocycles.